The monoisotopic (exact) mass is 233 g/mol. The van der Waals surface area contributed by atoms with Gasteiger partial charge in [-0.15, -0.1) is 0 Å². The van der Waals surface area contributed by atoms with Gasteiger partial charge in [-0.25, -0.2) is 4.79 Å². The molecule has 0 saturated carbocycles. The third kappa shape index (κ3) is 2.42. The molecule has 2 amide bonds. The Hall–Kier alpha value is -1.55. The van der Waals surface area contributed by atoms with Gasteiger partial charge in [-0.05, 0) is 31.0 Å². The van der Waals surface area contributed by atoms with E-state index in [-0.39, 0.29) is 6.03 Å². The van der Waals surface area contributed by atoms with Gasteiger partial charge < -0.3 is 10.6 Å². The Kier molecular flexibility index (Phi) is 3.64. The van der Waals surface area contributed by atoms with Crippen molar-refractivity contribution < 1.29 is 4.79 Å². The van der Waals surface area contributed by atoms with Crippen LogP contribution in [0.15, 0.2) is 24.3 Å². The number of anilines is 1. The number of amides is 2. The second-order valence-corrected chi connectivity index (χ2v) is 4.38. The van der Waals surface area contributed by atoms with Gasteiger partial charge in [0.05, 0.1) is 0 Å². The van der Waals surface area contributed by atoms with Crippen LogP contribution in [0, 0.1) is 0 Å². The average molecular weight is 233 g/mol. The summed E-state index contributed by atoms with van der Waals surface area (Å²) in [4.78, 5) is 15.6. The minimum Gasteiger partial charge on any atom is -0.330 e. The number of likely N-dealkylation sites (N-methyl/N-ethyl adjacent to an activating group) is 1. The van der Waals surface area contributed by atoms with Crippen LogP contribution in [0.3, 0.4) is 0 Å². The van der Waals surface area contributed by atoms with Gasteiger partial charge >= 0.3 is 6.03 Å². The predicted octanol–water partition coefficient (Wildman–Crippen LogP) is 1.45. The number of rotatable bonds is 4. The molecule has 0 aromatic heterocycles. The van der Waals surface area contributed by atoms with Gasteiger partial charge in [0.25, 0.3) is 0 Å². The van der Waals surface area contributed by atoms with Gasteiger partial charge in [-0.3, -0.25) is 4.90 Å². The summed E-state index contributed by atoms with van der Waals surface area (Å²) in [5, 5.41) is 0. The molecule has 92 valence electrons. The van der Waals surface area contributed by atoms with Crippen LogP contribution < -0.4 is 10.6 Å². The molecule has 4 heteroatoms. The van der Waals surface area contributed by atoms with Crippen molar-refractivity contribution in [1.29, 1.82) is 0 Å². The fourth-order valence-electron chi connectivity index (χ4n) is 2.15. The van der Waals surface area contributed by atoms with E-state index in [0.717, 1.165) is 31.6 Å². The van der Waals surface area contributed by atoms with E-state index in [1.54, 1.807) is 4.90 Å². The van der Waals surface area contributed by atoms with Gasteiger partial charge in [-0.2, -0.15) is 0 Å². The van der Waals surface area contributed by atoms with Crippen LogP contribution in [0.5, 0.6) is 0 Å². The first-order valence-corrected chi connectivity index (χ1v) is 6.04. The highest BCUT2D eigenvalue weighted by Crippen LogP contribution is 2.24. The number of nitrogens with two attached hydrogens (primary N) is 1. The minimum atomic E-state index is 0.0881. The number of nitrogens with zero attached hydrogens (tertiary/aromatic N) is 2. The van der Waals surface area contributed by atoms with Crippen molar-refractivity contribution in [2.75, 3.05) is 31.6 Å². The Morgan fingerprint density at radius 2 is 2.06 bits per heavy atom. The fourth-order valence-corrected chi connectivity index (χ4v) is 2.15. The van der Waals surface area contributed by atoms with E-state index < -0.39 is 0 Å². The zero-order chi connectivity index (χ0) is 12.3. The standard InChI is InChI=1S/C13H19N3O/c1-15-9-10-16(13(15)17)12-7-3-2-5-11(12)6-4-8-14/h2-3,5,7H,4,6,8-10,14H2,1H3. The molecule has 0 unspecified atom stereocenters. The third-order valence-corrected chi connectivity index (χ3v) is 3.15. The summed E-state index contributed by atoms with van der Waals surface area (Å²) in [5.41, 5.74) is 7.79. The Morgan fingerprint density at radius 3 is 2.71 bits per heavy atom. The van der Waals surface area contributed by atoms with Gasteiger partial charge in [0.2, 0.25) is 0 Å². The van der Waals surface area contributed by atoms with Crippen molar-refractivity contribution >= 4 is 11.7 Å². The number of aryl methyl sites for hydroxylation is 1. The van der Waals surface area contributed by atoms with E-state index in [4.69, 9.17) is 5.73 Å². The van der Waals surface area contributed by atoms with Crippen LogP contribution in [0.25, 0.3) is 0 Å². The highest BCUT2D eigenvalue weighted by molar-refractivity contribution is 5.94. The Bertz CT molecular complexity index is 405. The molecule has 1 aromatic carbocycles. The first-order valence-electron chi connectivity index (χ1n) is 6.04. The summed E-state index contributed by atoms with van der Waals surface area (Å²) in [6, 6.07) is 8.18. The van der Waals surface area contributed by atoms with Crippen LogP contribution in [-0.4, -0.2) is 37.6 Å². The van der Waals surface area contributed by atoms with Crippen LogP contribution in [0.2, 0.25) is 0 Å². The summed E-state index contributed by atoms with van der Waals surface area (Å²) in [5.74, 6) is 0. The molecule has 0 atom stereocenters. The fraction of sp³-hybridized carbons (Fsp3) is 0.462. The van der Waals surface area contributed by atoms with Crippen molar-refractivity contribution in [2.45, 2.75) is 12.8 Å². The van der Waals surface area contributed by atoms with Crippen LogP contribution in [0.4, 0.5) is 10.5 Å². The second kappa shape index (κ2) is 5.19. The molecule has 1 fully saturated rings. The molecule has 2 rings (SSSR count). The SMILES string of the molecule is CN1CCN(c2ccccc2CCCN)C1=O. The lowest BCUT2D eigenvalue weighted by Crippen LogP contribution is -2.29. The molecule has 4 nitrogen and oxygen atoms in total. The number of para-hydroxylation sites is 1. The summed E-state index contributed by atoms with van der Waals surface area (Å²) in [6.07, 6.45) is 1.88. The van der Waals surface area contributed by atoms with Crippen LogP contribution in [-0.2, 0) is 6.42 Å². The van der Waals surface area contributed by atoms with Gasteiger partial charge in [-0.1, -0.05) is 18.2 Å². The molecule has 0 radical (unpaired) electrons. The summed E-state index contributed by atoms with van der Waals surface area (Å²) >= 11 is 0. The number of benzene rings is 1. The summed E-state index contributed by atoms with van der Waals surface area (Å²) < 4.78 is 0. The molecule has 1 aromatic rings. The molecule has 1 aliphatic rings. The van der Waals surface area contributed by atoms with Crippen molar-refractivity contribution in [1.82, 2.24) is 4.90 Å². The number of hydrogen-bond donors (Lipinski definition) is 1. The highest BCUT2D eigenvalue weighted by atomic mass is 16.2. The van der Waals surface area contributed by atoms with E-state index >= 15 is 0 Å². The highest BCUT2D eigenvalue weighted by Gasteiger charge is 2.27. The molecule has 17 heavy (non-hydrogen) atoms. The summed E-state index contributed by atoms with van der Waals surface area (Å²) in [7, 11) is 1.84. The molecular weight excluding hydrogens is 214 g/mol. The van der Waals surface area contributed by atoms with E-state index in [0.29, 0.717) is 6.54 Å². The number of carbonyl (C=O) groups excluding carboxylic acids is 1. The zero-order valence-corrected chi connectivity index (χ0v) is 10.2. The quantitative estimate of drug-likeness (QED) is 0.855. The summed E-state index contributed by atoms with van der Waals surface area (Å²) in [6.45, 7) is 2.25. The molecule has 1 aliphatic heterocycles. The third-order valence-electron chi connectivity index (χ3n) is 3.15. The van der Waals surface area contributed by atoms with Gasteiger partial charge in [0.15, 0.2) is 0 Å². The number of urea groups is 1. The lowest BCUT2D eigenvalue weighted by atomic mass is 10.1. The van der Waals surface area contributed by atoms with E-state index in [1.807, 2.05) is 30.1 Å². The Morgan fingerprint density at radius 1 is 1.29 bits per heavy atom. The van der Waals surface area contributed by atoms with E-state index in [9.17, 15) is 4.79 Å². The number of hydrogen-bond acceptors (Lipinski definition) is 2. The zero-order valence-electron chi connectivity index (χ0n) is 10.2. The predicted molar refractivity (Wildman–Crippen MR) is 69.2 cm³/mol. The molecule has 1 saturated heterocycles. The molecule has 0 spiro atoms. The largest absolute Gasteiger partial charge is 0.330 e. The lowest BCUT2D eigenvalue weighted by molar-refractivity contribution is 0.229. The Labute approximate surface area is 102 Å². The van der Waals surface area contributed by atoms with Crippen molar-refractivity contribution in [3.63, 3.8) is 0 Å². The minimum absolute atomic E-state index is 0.0881. The van der Waals surface area contributed by atoms with Crippen molar-refractivity contribution in [2.24, 2.45) is 5.73 Å². The van der Waals surface area contributed by atoms with Gasteiger partial charge in [0.1, 0.15) is 0 Å². The maximum absolute atomic E-state index is 12.0. The first kappa shape index (κ1) is 11.9. The maximum Gasteiger partial charge on any atom is 0.324 e. The van der Waals surface area contributed by atoms with Gasteiger partial charge in [0, 0.05) is 25.8 Å². The maximum atomic E-state index is 12.0. The molecule has 1 heterocycles. The topological polar surface area (TPSA) is 49.6 Å². The molecule has 2 N–H and O–H groups in total. The average Bonchev–Trinajstić information content (AvgIpc) is 2.68. The second-order valence-electron chi connectivity index (χ2n) is 4.38. The number of carbonyl (C=O) groups is 1. The molecule has 0 bridgehead atoms. The van der Waals surface area contributed by atoms with Crippen LogP contribution in [0.1, 0.15) is 12.0 Å². The van der Waals surface area contributed by atoms with E-state index in [2.05, 4.69) is 6.07 Å². The molecular formula is C13H19N3O. The smallest absolute Gasteiger partial charge is 0.324 e. The first-order chi connectivity index (χ1) is 8.24. The van der Waals surface area contributed by atoms with E-state index in [1.165, 1.54) is 5.56 Å². The Balaban J connectivity index is 2.22. The van der Waals surface area contributed by atoms with Crippen molar-refractivity contribution in [3.05, 3.63) is 29.8 Å². The normalized spacial score (nSPS) is 15.8. The van der Waals surface area contributed by atoms with Crippen molar-refractivity contribution in [3.8, 4) is 0 Å². The van der Waals surface area contributed by atoms with Crippen LogP contribution >= 0.6 is 0 Å². The lowest BCUT2D eigenvalue weighted by Gasteiger charge is -2.19. The molecule has 0 aliphatic carbocycles.